The lowest BCUT2D eigenvalue weighted by molar-refractivity contribution is 1.02. The van der Waals surface area contributed by atoms with Crippen molar-refractivity contribution in [3.8, 4) is 0 Å². The molecule has 0 spiro atoms. The second-order valence-corrected chi connectivity index (χ2v) is 3.90. The Morgan fingerprint density at radius 1 is 1.07 bits per heavy atom. The first-order valence-electron chi connectivity index (χ1n) is 5.05. The molecule has 0 N–H and O–H groups in total. The van der Waals surface area contributed by atoms with Crippen LogP contribution in [0.4, 0.5) is 0 Å². The third kappa shape index (κ3) is 0.941. The molecule has 0 heteroatoms. The minimum atomic E-state index is 1.19. The van der Waals surface area contributed by atoms with Gasteiger partial charge in [0.1, 0.15) is 0 Å². The summed E-state index contributed by atoms with van der Waals surface area (Å²) in [4.78, 5) is 0. The molecule has 0 saturated carbocycles. The van der Waals surface area contributed by atoms with Crippen LogP contribution in [-0.2, 0) is 12.8 Å². The molecule has 0 bridgehead atoms. The van der Waals surface area contributed by atoms with E-state index in [1.807, 2.05) is 6.08 Å². The van der Waals surface area contributed by atoms with Crippen LogP contribution in [0.1, 0.15) is 16.7 Å². The summed E-state index contributed by atoms with van der Waals surface area (Å²) < 4.78 is 0. The molecule has 68 valence electrons. The van der Waals surface area contributed by atoms with Crippen LogP contribution in [0.5, 0.6) is 0 Å². The Morgan fingerprint density at radius 3 is 2.79 bits per heavy atom. The lowest BCUT2D eigenvalue weighted by atomic mass is 10.0. The van der Waals surface area contributed by atoms with E-state index in [0.29, 0.717) is 0 Å². The van der Waals surface area contributed by atoms with Gasteiger partial charge in [0.2, 0.25) is 0 Å². The summed E-state index contributed by atoms with van der Waals surface area (Å²) in [6.45, 7) is 3.83. The first kappa shape index (κ1) is 7.81. The molecule has 0 atom stereocenters. The van der Waals surface area contributed by atoms with E-state index in [4.69, 9.17) is 0 Å². The van der Waals surface area contributed by atoms with Crippen molar-refractivity contribution < 1.29 is 0 Å². The van der Waals surface area contributed by atoms with Crippen molar-refractivity contribution in [3.63, 3.8) is 0 Å². The van der Waals surface area contributed by atoms with E-state index in [9.17, 15) is 0 Å². The number of hydrogen-bond donors (Lipinski definition) is 0. The molecule has 0 fully saturated rings. The van der Waals surface area contributed by atoms with Crippen molar-refractivity contribution in [2.75, 3.05) is 0 Å². The van der Waals surface area contributed by atoms with E-state index in [2.05, 4.69) is 36.9 Å². The van der Waals surface area contributed by atoms with Crippen LogP contribution >= 0.6 is 0 Å². The van der Waals surface area contributed by atoms with Crippen LogP contribution in [0, 0.1) is 0 Å². The van der Waals surface area contributed by atoms with Crippen LogP contribution in [0.3, 0.4) is 0 Å². The Balaban J connectivity index is 2.47. The van der Waals surface area contributed by atoms with E-state index in [1.165, 1.54) is 40.3 Å². The van der Waals surface area contributed by atoms with Crippen molar-refractivity contribution in [2.24, 2.45) is 0 Å². The lowest BCUT2D eigenvalue weighted by Crippen LogP contribution is -1.81. The maximum Gasteiger partial charge on any atom is -0.0119 e. The molecule has 2 aromatic carbocycles. The summed E-state index contributed by atoms with van der Waals surface area (Å²) in [5.74, 6) is 0. The van der Waals surface area contributed by atoms with Crippen molar-refractivity contribution >= 4 is 16.8 Å². The molecule has 14 heavy (non-hydrogen) atoms. The minimum absolute atomic E-state index is 1.19. The molecule has 0 nitrogen and oxygen atoms in total. The van der Waals surface area contributed by atoms with Gasteiger partial charge >= 0.3 is 0 Å². The van der Waals surface area contributed by atoms with Crippen LogP contribution in [0.2, 0.25) is 0 Å². The Bertz CT molecular complexity index is 521. The third-order valence-corrected chi connectivity index (χ3v) is 3.07. The molecule has 2 aromatic rings. The van der Waals surface area contributed by atoms with E-state index < -0.39 is 0 Å². The maximum absolute atomic E-state index is 3.83. The Morgan fingerprint density at radius 2 is 1.93 bits per heavy atom. The highest BCUT2D eigenvalue weighted by Gasteiger charge is 2.13. The Hall–Kier alpha value is -1.56. The molecule has 3 rings (SSSR count). The van der Waals surface area contributed by atoms with E-state index in [1.54, 1.807) is 0 Å². The fraction of sp³-hybridized carbons (Fsp3) is 0.143. The summed E-state index contributed by atoms with van der Waals surface area (Å²) >= 11 is 0. The number of aryl methyl sites for hydroxylation is 2. The van der Waals surface area contributed by atoms with Crippen molar-refractivity contribution in [1.29, 1.82) is 0 Å². The SMILES string of the molecule is C=Cc1cc2c3c(cccc3c1)CC2. The van der Waals surface area contributed by atoms with Gasteiger partial charge in [-0.3, -0.25) is 0 Å². The van der Waals surface area contributed by atoms with Gasteiger partial charge in [-0.1, -0.05) is 36.9 Å². The molecule has 1 aliphatic rings. The first-order chi connectivity index (χ1) is 6.88. The minimum Gasteiger partial charge on any atom is -0.0985 e. The molecule has 1 aliphatic carbocycles. The zero-order chi connectivity index (χ0) is 9.54. The fourth-order valence-corrected chi connectivity index (χ4v) is 2.42. The zero-order valence-electron chi connectivity index (χ0n) is 8.09. The van der Waals surface area contributed by atoms with E-state index in [0.717, 1.165) is 0 Å². The quantitative estimate of drug-likeness (QED) is 0.629. The van der Waals surface area contributed by atoms with Gasteiger partial charge in [0, 0.05) is 0 Å². The predicted molar refractivity (Wildman–Crippen MR) is 61.4 cm³/mol. The Kier molecular flexibility index (Phi) is 1.51. The number of benzene rings is 2. The largest absolute Gasteiger partial charge is 0.0985 e. The fourth-order valence-electron chi connectivity index (χ4n) is 2.42. The monoisotopic (exact) mass is 180 g/mol. The van der Waals surface area contributed by atoms with Gasteiger partial charge in [0.05, 0.1) is 0 Å². The third-order valence-electron chi connectivity index (χ3n) is 3.07. The van der Waals surface area contributed by atoms with Gasteiger partial charge in [-0.25, -0.2) is 0 Å². The maximum atomic E-state index is 3.83. The molecule has 0 saturated heterocycles. The summed E-state index contributed by atoms with van der Waals surface area (Å²) in [5.41, 5.74) is 4.24. The van der Waals surface area contributed by atoms with Crippen molar-refractivity contribution in [1.82, 2.24) is 0 Å². The van der Waals surface area contributed by atoms with Crippen LogP contribution < -0.4 is 0 Å². The average Bonchev–Trinajstić information content (AvgIpc) is 2.64. The summed E-state index contributed by atoms with van der Waals surface area (Å²) in [5, 5.41) is 2.85. The molecule has 0 unspecified atom stereocenters. The van der Waals surface area contributed by atoms with E-state index >= 15 is 0 Å². The summed E-state index contributed by atoms with van der Waals surface area (Å²) in [6.07, 6.45) is 4.33. The topological polar surface area (TPSA) is 0 Å². The number of hydrogen-bond acceptors (Lipinski definition) is 0. The van der Waals surface area contributed by atoms with Crippen LogP contribution in [-0.4, -0.2) is 0 Å². The summed E-state index contributed by atoms with van der Waals surface area (Å²) in [6, 6.07) is 11.1. The smallest absolute Gasteiger partial charge is 0.0119 e. The van der Waals surface area contributed by atoms with E-state index in [-0.39, 0.29) is 0 Å². The van der Waals surface area contributed by atoms with Gasteiger partial charge in [0.15, 0.2) is 0 Å². The van der Waals surface area contributed by atoms with Gasteiger partial charge in [-0.05, 0) is 46.4 Å². The van der Waals surface area contributed by atoms with Crippen LogP contribution in [0.15, 0.2) is 36.9 Å². The van der Waals surface area contributed by atoms with Gasteiger partial charge < -0.3 is 0 Å². The second-order valence-electron chi connectivity index (χ2n) is 3.90. The van der Waals surface area contributed by atoms with Crippen molar-refractivity contribution in [2.45, 2.75) is 12.8 Å². The number of rotatable bonds is 1. The predicted octanol–water partition coefficient (Wildman–Crippen LogP) is 3.58. The molecule has 0 amide bonds. The second kappa shape index (κ2) is 2.71. The molecule has 0 aromatic heterocycles. The lowest BCUT2D eigenvalue weighted by Gasteiger charge is -2.03. The molecular formula is C14H12. The molecular weight excluding hydrogens is 168 g/mol. The highest BCUT2D eigenvalue weighted by atomic mass is 14.2. The van der Waals surface area contributed by atoms with Gasteiger partial charge in [-0.15, -0.1) is 0 Å². The summed E-state index contributed by atoms with van der Waals surface area (Å²) in [7, 11) is 0. The van der Waals surface area contributed by atoms with Gasteiger partial charge in [-0.2, -0.15) is 0 Å². The average molecular weight is 180 g/mol. The van der Waals surface area contributed by atoms with Crippen molar-refractivity contribution in [3.05, 3.63) is 53.6 Å². The normalized spacial score (nSPS) is 13.4. The Labute approximate surface area is 83.9 Å². The first-order valence-corrected chi connectivity index (χ1v) is 5.05. The zero-order valence-corrected chi connectivity index (χ0v) is 8.09. The molecule has 0 heterocycles. The van der Waals surface area contributed by atoms with Crippen LogP contribution in [0.25, 0.3) is 16.8 Å². The molecule has 0 radical (unpaired) electrons. The standard InChI is InChI=1S/C14H12/c1-2-10-8-12-5-3-4-11-6-7-13(9-10)14(11)12/h2-5,8-9H,1,6-7H2. The molecule has 0 aliphatic heterocycles. The van der Waals surface area contributed by atoms with Gasteiger partial charge in [0.25, 0.3) is 0 Å². The highest BCUT2D eigenvalue weighted by Crippen LogP contribution is 2.31. The highest BCUT2D eigenvalue weighted by molar-refractivity contribution is 5.92.